The first-order valence-corrected chi connectivity index (χ1v) is 9.88. The number of rotatable bonds is 8. The fourth-order valence-electron chi connectivity index (χ4n) is 2.26. The van der Waals surface area contributed by atoms with Gasteiger partial charge in [0.05, 0.1) is 5.92 Å². The Morgan fingerprint density at radius 1 is 0.957 bits per heavy atom. The molecule has 132 valence electrons. The quantitative estimate of drug-likeness (QED) is 0.535. The Balaban J connectivity index is 0.000000515. The summed E-state index contributed by atoms with van der Waals surface area (Å²) >= 11 is 0. The molecule has 23 heavy (non-hydrogen) atoms. The molecule has 1 N–H and O–H groups in total. The molecule has 4 nitrogen and oxygen atoms in total. The summed E-state index contributed by atoms with van der Waals surface area (Å²) in [5.74, 6) is -0.791. The predicted molar refractivity (Wildman–Crippen MR) is 95.1 cm³/mol. The molecule has 0 aromatic heterocycles. The zero-order valence-electron chi connectivity index (χ0n) is 14.5. The number of hydrogen-bond acceptors (Lipinski definition) is 3. The van der Waals surface area contributed by atoms with Gasteiger partial charge in [-0.15, -0.1) is 0 Å². The van der Waals surface area contributed by atoms with E-state index in [9.17, 15) is 13.2 Å². The lowest BCUT2D eigenvalue weighted by atomic mass is 9.98. The lowest BCUT2D eigenvalue weighted by Crippen LogP contribution is -2.21. The molecule has 0 fully saturated rings. The smallest absolute Gasteiger partial charge is 0.280 e. The molecule has 0 radical (unpaired) electrons. The normalized spacial score (nSPS) is 12.2. The van der Waals surface area contributed by atoms with Crippen LogP contribution in [0.3, 0.4) is 0 Å². The van der Waals surface area contributed by atoms with Crippen molar-refractivity contribution in [3.8, 4) is 0 Å². The molecule has 1 aromatic rings. The van der Waals surface area contributed by atoms with Crippen LogP contribution in [-0.4, -0.2) is 18.1 Å². The van der Waals surface area contributed by atoms with Crippen molar-refractivity contribution in [1.82, 2.24) is 0 Å². The minimum absolute atomic E-state index is 0.336. The van der Waals surface area contributed by atoms with E-state index >= 15 is 0 Å². The highest BCUT2D eigenvalue weighted by Crippen LogP contribution is 2.22. The third kappa shape index (κ3) is 9.51. The van der Waals surface area contributed by atoms with Crippen LogP contribution in [0.15, 0.2) is 30.3 Å². The first-order valence-electron chi connectivity index (χ1n) is 8.44. The molecule has 1 unspecified atom stereocenters. The third-order valence-corrected chi connectivity index (χ3v) is 4.40. The van der Waals surface area contributed by atoms with Gasteiger partial charge in [0.15, 0.2) is 0 Å². The van der Waals surface area contributed by atoms with Crippen molar-refractivity contribution >= 4 is 15.2 Å². The van der Waals surface area contributed by atoms with Crippen molar-refractivity contribution in [2.24, 2.45) is 0 Å². The molecule has 1 rings (SSSR count). The van der Waals surface area contributed by atoms with E-state index in [2.05, 4.69) is 13.8 Å². The van der Waals surface area contributed by atoms with Gasteiger partial charge in [-0.05, 0) is 12.0 Å². The summed E-state index contributed by atoms with van der Waals surface area (Å²) in [6.45, 7) is 6.21. The van der Waals surface area contributed by atoms with Gasteiger partial charge in [-0.1, -0.05) is 89.6 Å². The zero-order valence-corrected chi connectivity index (χ0v) is 15.3. The molecule has 0 saturated heterocycles. The molecular weight excluding hydrogens is 312 g/mol. The predicted octanol–water partition coefficient (Wildman–Crippen LogP) is 4.96. The number of benzene rings is 1. The van der Waals surface area contributed by atoms with Gasteiger partial charge in [-0.25, -0.2) is 0 Å². The summed E-state index contributed by atoms with van der Waals surface area (Å²) < 4.78 is 30.1. The van der Waals surface area contributed by atoms with Gasteiger partial charge in [0, 0.05) is 0 Å². The van der Waals surface area contributed by atoms with Crippen LogP contribution in [0, 0.1) is 0 Å². The van der Waals surface area contributed by atoms with Crippen molar-refractivity contribution in [3.63, 3.8) is 0 Å². The Labute approximate surface area is 141 Å². The van der Waals surface area contributed by atoms with Crippen LogP contribution in [0.2, 0.25) is 0 Å². The molecule has 0 aliphatic carbocycles. The van der Waals surface area contributed by atoms with Crippen molar-refractivity contribution in [1.29, 1.82) is 0 Å². The molecule has 0 aliphatic rings. The van der Waals surface area contributed by atoms with Gasteiger partial charge >= 0.3 is 10.1 Å². The highest BCUT2D eigenvalue weighted by molar-refractivity contribution is 8.01. The zero-order chi connectivity index (χ0) is 17.7. The van der Waals surface area contributed by atoms with Gasteiger partial charge in [-0.2, -0.15) is 8.42 Å². The lowest BCUT2D eigenvalue weighted by Gasteiger charge is -2.11. The summed E-state index contributed by atoms with van der Waals surface area (Å²) in [6.07, 6.45) is 8.82. The second-order valence-electron chi connectivity index (χ2n) is 5.58. The Bertz CT molecular complexity index is 517. The Kier molecular flexibility index (Phi) is 11.6. The van der Waals surface area contributed by atoms with Crippen molar-refractivity contribution < 1.29 is 17.8 Å². The Morgan fingerprint density at radius 3 is 1.78 bits per heavy atom. The first kappa shape index (κ1) is 21.8. The average Bonchev–Trinajstić information content (AvgIpc) is 2.53. The maximum absolute atomic E-state index is 11.4. The van der Waals surface area contributed by atoms with E-state index in [0.717, 1.165) is 0 Å². The Hall–Kier alpha value is -1.20. The minimum Gasteiger partial charge on any atom is -0.280 e. The average molecular weight is 343 g/mol. The molecule has 0 bridgehead atoms. The highest BCUT2D eigenvalue weighted by Gasteiger charge is 2.28. The maximum Gasteiger partial charge on any atom is 0.329 e. The van der Waals surface area contributed by atoms with E-state index in [1.807, 2.05) is 0 Å². The van der Waals surface area contributed by atoms with Gasteiger partial charge in [0.25, 0.3) is 5.12 Å². The van der Waals surface area contributed by atoms with Crippen LogP contribution >= 0.6 is 0 Å². The van der Waals surface area contributed by atoms with Crippen LogP contribution in [-0.2, 0) is 14.9 Å². The molecule has 0 heterocycles. The highest BCUT2D eigenvalue weighted by atomic mass is 32.2. The fourth-order valence-corrected chi connectivity index (χ4v) is 2.92. The maximum atomic E-state index is 11.4. The number of unbranched alkanes of at least 4 members (excludes halogenated alkanes) is 5. The molecule has 1 aromatic carbocycles. The minimum atomic E-state index is -4.60. The number of hydrogen-bond donors (Lipinski definition) is 1. The molecule has 1 atom stereocenters. The van der Waals surface area contributed by atoms with Crippen LogP contribution in [0.1, 0.15) is 77.2 Å². The van der Waals surface area contributed by atoms with Crippen molar-refractivity contribution in [2.45, 2.75) is 71.6 Å². The molecule has 0 aliphatic heterocycles. The summed E-state index contributed by atoms with van der Waals surface area (Å²) in [7, 11) is -4.60. The third-order valence-electron chi connectivity index (χ3n) is 3.61. The lowest BCUT2D eigenvalue weighted by molar-refractivity contribution is -0.113. The van der Waals surface area contributed by atoms with Crippen LogP contribution < -0.4 is 0 Å². The van der Waals surface area contributed by atoms with Crippen LogP contribution in [0.25, 0.3) is 0 Å². The monoisotopic (exact) mass is 342 g/mol. The standard InChI is InChI=1S/C10H12O4S.C8H18/c1-2-9(10(11)15(12,13)14)8-6-4-3-5-7-8;1-3-5-7-8-6-4-2/h3-7,9H,2H2,1H3,(H,12,13,14);3-8H2,1-2H3. The number of carbonyl (C=O) groups is 1. The van der Waals surface area contributed by atoms with E-state index in [1.165, 1.54) is 38.5 Å². The van der Waals surface area contributed by atoms with Gasteiger partial charge in [-0.3, -0.25) is 9.35 Å². The van der Waals surface area contributed by atoms with Gasteiger partial charge in [0.1, 0.15) is 0 Å². The second-order valence-corrected chi connectivity index (χ2v) is 6.93. The second kappa shape index (κ2) is 12.3. The van der Waals surface area contributed by atoms with E-state index in [0.29, 0.717) is 12.0 Å². The van der Waals surface area contributed by atoms with Crippen molar-refractivity contribution in [2.75, 3.05) is 0 Å². The summed E-state index contributed by atoms with van der Waals surface area (Å²) in [5, 5.41) is -1.14. The fraction of sp³-hybridized carbons (Fsp3) is 0.611. The van der Waals surface area contributed by atoms with Gasteiger partial charge < -0.3 is 0 Å². The van der Waals surface area contributed by atoms with Crippen LogP contribution in [0.4, 0.5) is 0 Å². The van der Waals surface area contributed by atoms with E-state index < -0.39 is 21.2 Å². The van der Waals surface area contributed by atoms with Crippen LogP contribution in [0.5, 0.6) is 0 Å². The largest absolute Gasteiger partial charge is 0.329 e. The summed E-state index contributed by atoms with van der Waals surface area (Å²) in [5.41, 5.74) is 0.600. The molecule has 0 saturated carbocycles. The molecule has 5 heteroatoms. The topological polar surface area (TPSA) is 71.4 Å². The molecule has 0 spiro atoms. The summed E-state index contributed by atoms with van der Waals surface area (Å²) in [6, 6.07) is 8.53. The summed E-state index contributed by atoms with van der Waals surface area (Å²) in [4.78, 5) is 11.4. The van der Waals surface area contributed by atoms with E-state index in [4.69, 9.17) is 4.55 Å². The molecular formula is C18H30O4S. The first-order chi connectivity index (χ1) is 10.9. The van der Waals surface area contributed by atoms with E-state index in [1.54, 1.807) is 37.3 Å². The SMILES string of the molecule is CCC(C(=O)S(=O)(=O)O)c1ccccc1.CCCCCCCC. The Morgan fingerprint density at radius 2 is 1.43 bits per heavy atom. The van der Waals surface area contributed by atoms with Gasteiger partial charge in [0.2, 0.25) is 0 Å². The van der Waals surface area contributed by atoms with Crippen molar-refractivity contribution in [3.05, 3.63) is 35.9 Å². The molecule has 0 amide bonds. The van der Waals surface area contributed by atoms with E-state index in [-0.39, 0.29) is 0 Å². The number of carbonyl (C=O) groups excluding carboxylic acids is 1.